The SMILES string of the molecule is COC[C@@H]1CCN1C(OC1CCC(C(=O)O)CC1)(C(=O)Cc1cc(Cl)c(NC(=O)c2cn(C)c3ccccc23)cc1F)N1CCCC1. The van der Waals surface area contributed by atoms with Gasteiger partial charge in [0.1, 0.15) is 5.82 Å². The predicted molar refractivity (Wildman–Crippen MR) is 176 cm³/mol. The third-order valence-electron chi connectivity index (χ3n) is 10.0. The van der Waals surface area contributed by atoms with E-state index < -0.39 is 29.5 Å². The van der Waals surface area contributed by atoms with Crippen LogP contribution in [-0.2, 0) is 32.5 Å². The van der Waals surface area contributed by atoms with Crippen molar-refractivity contribution < 1.29 is 33.4 Å². The number of aromatic nitrogens is 1. The van der Waals surface area contributed by atoms with Gasteiger partial charge in [0.25, 0.3) is 5.91 Å². The van der Waals surface area contributed by atoms with Gasteiger partial charge in [-0.1, -0.05) is 29.8 Å². The molecular formula is C35H42ClFN4O6. The van der Waals surface area contributed by atoms with Crippen molar-refractivity contribution in [3.05, 3.63) is 64.6 Å². The first kappa shape index (κ1) is 33.5. The molecule has 3 fully saturated rings. The second-order valence-corrected chi connectivity index (χ2v) is 13.4. The molecule has 3 aromatic rings. The maximum absolute atomic E-state index is 15.8. The van der Waals surface area contributed by atoms with Gasteiger partial charge in [0.2, 0.25) is 5.85 Å². The van der Waals surface area contributed by atoms with Crippen LogP contribution in [0.3, 0.4) is 0 Å². The third-order valence-corrected chi connectivity index (χ3v) is 10.3. The number of rotatable bonds is 12. The Hall–Kier alpha value is -3.35. The highest BCUT2D eigenvalue weighted by molar-refractivity contribution is 6.34. The van der Waals surface area contributed by atoms with Crippen LogP contribution < -0.4 is 5.32 Å². The number of anilines is 1. The number of carboxylic acids is 1. The summed E-state index contributed by atoms with van der Waals surface area (Å²) >= 11 is 6.63. The van der Waals surface area contributed by atoms with Gasteiger partial charge >= 0.3 is 5.97 Å². The zero-order valence-electron chi connectivity index (χ0n) is 26.8. The third kappa shape index (κ3) is 6.56. The molecule has 2 aromatic carbocycles. The average Bonchev–Trinajstić information content (AvgIpc) is 3.70. The standard InChI is InChI=1S/C35H42ClFN4O6/c1-39-20-27(26-7-3-4-8-31(26)39)33(43)38-30-19-29(37)23(17-28(30)36)18-32(42)35(40-14-5-6-15-40,41-16-13-24(41)21-46-2)47-25-11-9-22(10-12-25)34(44)45/h3-4,7-8,17,19-20,22,24-25H,5-6,9-16,18,21H2,1-2H3,(H,38,43)(H,44,45)/t22?,24-,25?,35?/m0/s1. The fourth-order valence-electron chi connectivity index (χ4n) is 7.43. The summed E-state index contributed by atoms with van der Waals surface area (Å²) in [6, 6.07) is 10.0. The Labute approximate surface area is 278 Å². The smallest absolute Gasteiger partial charge is 0.306 e. The number of hydrogen-bond acceptors (Lipinski definition) is 7. The minimum absolute atomic E-state index is 0.0556. The maximum atomic E-state index is 15.8. The summed E-state index contributed by atoms with van der Waals surface area (Å²) in [5.41, 5.74) is 1.54. The summed E-state index contributed by atoms with van der Waals surface area (Å²) in [6.45, 7) is 2.33. The van der Waals surface area contributed by atoms with E-state index in [2.05, 4.69) is 10.2 Å². The highest BCUT2D eigenvalue weighted by Gasteiger charge is 2.57. The number of para-hydroxylation sites is 1. The Balaban J connectivity index is 1.27. The molecule has 3 heterocycles. The zero-order valence-corrected chi connectivity index (χ0v) is 27.6. The van der Waals surface area contributed by atoms with Crippen LogP contribution >= 0.6 is 11.6 Å². The van der Waals surface area contributed by atoms with E-state index in [0.717, 1.165) is 36.2 Å². The second kappa shape index (κ2) is 14.0. The number of ketones is 1. The molecule has 1 amide bonds. The van der Waals surface area contributed by atoms with Gasteiger partial charge in [0.15, 0.2) is 5.78 Å². The molecule has 2 N–H and O–H groups in total. The van der Waals surface area contributed by atoms with Gasteiger partial charge in [0.05, 0.1) is 34.9 Å². The molecule has 10 nitrogen and oxygen atoms in total. The number of carbonyl (C=O) groups is 3. The molecule has 2 saturated heterocycles. The molecule has 0 bridgehead atoms. The van der Waals surface area contributed by atoms with E-state index in [-0.39, 0.29) is 40.6 Å². The van der Waals surface area contributed by atoms with Crippen LogP contribution in [0.15, 0.2) is 42.6 Å². The van der Waals surface area contributed by atoms with Crippen LogP contribution in [0.1, 0.15) is 60.9 Å². The minimum atomic E-state index is -1.45. The summed E-state index contributed by atoms with van der Waals surface area (Å²) in [7, 11) is 3.48. The van der Waals surface area contributed by atoms with Gasteiger partial charge < -0.3 is 24.5 Å². The molecule has 2 aliphatic heterocycles. The monoisotopic (exact) mass is 668 g/mol. The van der Waals surface area contributed by atoms with Crippen molar-refractivity contribution in [2.45, 2.75) is 69.4 Å². The van der Waals surface area contributed by atoms with Crippen LogP contribution in [-0.4, -0.2) is 88.5 Å². The van der Waals surface area contributed by atoms with Crippen molar-refractivity contribution >= 4 is 45.9 Å². The van der Waals surface area contributed by atoms with Crippen molar-refractivity contribution in [2.75, 3.05) is 38.7 Å². The number of halogens is 2. The van der Waals surface area contributed by atoms with Crippen LogP contribution in [0.4, 0.5) is 10.1 Å². The number of hydrogen-bond donors (Lipinski definition) is 2. The van der Waals surface area contributed by atoms with E-state index in [1.165, 1.54) is 6.07 Å². The molecule has 6 rings (SSSR count). The number of aryl methyl sites for hydroxylation is 1. The normalized spacial score (nSPS) is 23.4. The molecule has 1 aliphatic carbocycles. The number of Topliss-reactive ketones (excluding diaryl/α,β-unsaturated/α-hetero) is 1. The molecule has 1 aromatic heterocycles. The van der Waals surface area contributed by atoms with Crippen LogP contribution in [0.2, 0.25) is 5.02 Å². The lowest BCUT2D eigenvalue weighted by molar-refractivity contribution is -0.283. The summed E-state index contributed by atoms with van der Waals surface area (Å²) in [5.74, 6) is -4.06. The van der Waals surface area contributed by atoms with E-state index in [9.17, 15) is 19.5 Å². The summed E-state index contributed by atoms with van der Waals surface area (Å²) < 4.78 is 30.0. The van der Waals surface area contributed by atoms with Crippen LogP contribution in [0, 0.1) is 11.7 Å². The first-order valence-corrected chi connectivity index (χ1v) is 16.8. The van der Waals surface area contributed by atoms with Crippen LogP contribution in [0.5, 0.6) is 0 Å². The molecule has 0 spiro atoms. The molecule has 252 valence electrons. The number of aliphatic carboxylic acids is 1. The fraction of sp³-hybridized carbons (Fsp3) is 0.514. The number of likely N-dealkylation sites (tertiary alicyclic amines) is 2. The topological polar surface area (TPSA) is 113 Å². The number of nitrogens with one attached hydrogen (secondary N) is 1. The van der Waals surface area contributed by atoms with E-state index in [4.69, 9.17) is 21.1 Å². The number of methoxy groups -OCH3 is 1. The number of fused-ring (bicyclic) bond motifs is 1. The Morgan fingerprint density at radius 3 is 2.45 bits per heavy atom. The van der Waals surface area contributed by atoms with Gasteiger partial charge in [-0.3, -0.25) is 24.2 Å². The van der Waals surface area contributed by atoms with Gasteiger partial charge in [-0.2, -0.15) is 0 Å². The van der Waals surface area contributed by atoms with E-state index in [1.54, 1.807) is 13.3 Å². The lowest BCUT2D eigenvalue weighted by atomic mass is 9.87. The highest BCUT2D eigenvalue weighted by Crippen LogP contribution is 2.40. The van der Waals surface area contributed by atoms with Crippen LogP contribution in [0.25, 0.3) is 10.9 Å². The minimum Gasteiger partial charge on any atom is -0.481 e. The molecule has 47 heavy (non-hydrogen) atoms. The van der Waals surface area contributed by atoms with Crippen molar-refractivity contribution in [3.63, 3.8) is 0 Å². The van der Waals surface area contributed by atoms with Gasteiger partial charge in [-0.05, 0) is 68.7 Å². The number of benzene rings is 2. The highest BCUT2D eigenvalue weighted by atomic mass is 35.5. The molecule has 2 atom stereocenters. The van der Waals surface area contributed by atoms with Gasteiger partial charge in [-0.25, -0.2) is 4.39 Å². The molecule has 12 heteroatoms. The first-order valence-electron chi connectivity index (χ1n) is 16.4. The van der Waals surface area contributed by atoms with Crippen molar-refractivity contribution in [2.24, 2.45) is 13.0 Å². The molecule has 0 radical (unpaired) electrons. The second-order valence-electron chi connectivity index (χ2n) is 13.0. The number of carboxylic acid groups (broad SMARTS) is 1. The van der Waals surface area contributed by atoms with E-state index in [1.807, 2.05) is 40.8 Å². The molecule has 3 aliphatic rings. The Kier molecular flexibility index (Phi) is 10.0. The lowest BCUT2D eigenvalue weighted by Crippen LogP contribution is -2.74. The van der Waals surface area contributed by atoms with E-state index >= 15 is 4.39 Å². The first-order chi connectivity index (χ1) is 22.6. The largest absolute Gasteiger partial charge is 0.481 e. The van der Waals surface area contributed by atoms with Crippen molar-refractivity contribution in [1.82, 2.24) is 14.4 Å². The van der Waals surface area contributed by atoms with Gasteiger partial charge in [-0.15, -0.1) is 0 Å². The van der Waals surface area contributed by atoms with Crippen molar-refractivity contribution in [3.8, 4) is 0 Å². The average molecular weight is 669 g/mol. The Morgan fingerprint density at radius 2 is 1.79 bits per heavy atom. The lowest BCUT2D eigenvalue weighted by Gasteiger charge is -2.56. The quantitative estimate of drug-likeness (QED) is 0.262. The molecule has 1 unspecified atom stereocenters. The number of ether oxygens (including phenoxy) is 2. The fourth-order valence-corrected chi connectivity index (χ4v) is 7.67. The summed E-state index contributed by atoms with van der Waals surface area (Å²) in [5, 5.41) is 13.2. The Bertz CT molecular complexity index is 1650. The molecular weight excluding hydrogens is 627 g/mol. The summed E-state index contributed by atoms with van der Waals surface area (Å²) in [4.78, 5) is 43.7. The zero-order chi connectivity index (χ0) is 33.3. The van der Waals surface area contributed by atoms with Gasteiger partial charge in [0, 0.05) is 63.4 Å². The Morgan fingerprint density at radius 1 is 1.06 bits per heavy atom. The predicted octanol–water partition coefficient (Wildman–Crippen LogP) is 5.47. The number of carbonyl (C=O) groups excluding carboxylic acids is 2. The van der Waals surface area contributed by atoms with Crippen molar-refractivity contribution in [1.29, 1.82) is 0 Å². The molecule has 1 saturated carbocycles. The maximum Gasteiger partial charge on any atom is 0.306 e. The summed E-state index contributed by atoms with van der Waals surface area (Å²) in [6.07, 6.45) is 5.74. The number of nitrogens with zero attached hydrogens (tertiary/aromatic N) is 3. The van der Waals surface area contributed by atoms with E-state index in [0.29, 0.717) is 57.5 Å². The number of amides is 1.